The van der Waals surface area contributed by atoms with Crippen LogP contribution in [0.2, 0.25) is 0 Å². The second-order valence-corrected chi connectivity index (χ2v) is 4.54. The zero-order valence-corrected chi connectivity index (χ0v) is 14.9. The van der Waals surface area contributed by atoms with E-state index in [1.54, 1.807) is 13.2 Å². The number of rotatable bonds is 8. The van der Waals surface area contributed by atoms with Gasteiger partial charge in [0.2, 0.25) is 0 Å². The summed E-state index contributed by atoms with van der Waals surface area (Å²) in [5, 5.41) is 0. The van der Waals surface area contributed by atoms with Gasteiger partial charge in [-0.05, 0) is 37.2 Å². The quantitative estimate of drug-likeness (QED) is 0.465. The fourth-order valence-electron chi connectivity index (χ4n) is 1.87. The van der Waals surface area contributed by atoms with Gasteiger partial charge in [-0.3, -0.25) is 0 Å². The average molecular weight is 294 g/mol. The third-order valence-electron chi connectivity index (χ3n) is 3.20. The molecule has 0 aliphatic carbocycles. The summed E-state index contributed by atoms with van der Waals surface area (Å²) in [4.78, 5) is 0. The maximum Gasteiger partial charge on any atom is 0.263 e. The predicted octanol–water partition coefficient (Wildman–Crippen LogP) is 6.48. The second kappa shape index (κ2) is 15.0. The van der Waals surface area contributed by atoms with Crippen LogP contribution in [0.15, 0.2) is 12.2 Å². The van der Waals surface area contributed by atoms with E-state index in [2.05, 4.69) is 13.8 Å². The summed E-state index contributed by atoms with van der Waals surface area (Å²) in [7, 11) is 1.69. The molecule has 0 aliphatic heterocycles. The zero-order chi connectivity index (χ0) is 16.7. The summed E-state index contributed by atoms with van der Waals surface area (Å²) in [5.74, 6) is -2.69. The first-order valence-electron chi connectivity index (χ1n) is 7.93. The summed E-state index contributed by atoms with van der Waals surface area (Å²) < 4.78 is 30.3. The van der Waals surface area contributed by atoms with Crippen molar-refractivity contribution in [3.8, 4) is 0 Å². The van der Waals surface area contributed by atoms with Crippen LogP contribution in [0, 0.1) is 5.41 Å². The zero-order valence-electron chi connectivity index (χ0n) is 14.9. The van der Waals surface area contributed by atoms with Crippen molar-refractivity contribution in [2.45, 2.75) is 80.1 Å². The fourth-order valence-corrected chi connectivity index (χ4v) is 1.87. The van der Waals surface area contributed by atoms with Crippen LogP contribution in [-0.4, -0.2) is 19.6 Å². The molecule has 0 bridgehead atoms. The Kier molecular flexibility index (Phi) is 18.4. The number of allylic oxidation sites excluding steroid dienone is 2. The van der Waals surface area contributed by atoms with Gasteiger partial charge in [0.25, 0.3) is 5.92 Å². The molecular weight excluding hydrogens is 258 g/mol. The molecule has 0 unspecified atom stereocenters. The molecule has 124 valence electrons. The lowest BCUT2D eigenvalue weighted by molar-refractivity contribution is 0.0649. The third kappa shape index (κ3) is 14.0. The molecule has 0 amide bonds. The van der Waals surface area contributed by atoms with E-state index in [1.165, 1.54) is 0 Å². The summed E-state index contributed by atoms with van der Waals surface area (Å²) >= 11 is 0. The first-order chi connectivity index (χ1) is 9.39. The Labute approximate surface area is 125 Å². The Morgan fingerprint density at radius 3 is 1.75 bits per heavy atom. The van der Waals surface area contributed by atoms with E-state index in [0.717, 1.165) is 32.3 Å². The molecule has 0 aromatic carbocycles. The van der Waals surface area contributed by atoms with Crippen LogP contribution < -0.4 is 0 Å². The SMILES string of the molecule is CC.CC.CCC(CC)(CC/C=C/C(C)(F)F)COC. The third-order valence-corrected chi connectivity index (χ3v) is 3.20. The van der Waals surface area contributed by atoms with Crippen LogP contribution in [0.25, 0.3) is 0 Å². The molecule has 0 saturated heterocycles. The van der Waals surface area contributed by atoms with E-state index < -0.39 is 5.92 Å². The van der Waals surface area contributed by atoms with E-state index in [-0.39, 0.29) is 5.41 Å². The summed E-state index contributed by atoms with van der Waals surface area (Å²) in [6, 6.07) is 0. The normalized spacial score (nSPS) is 11.5. The lowest BCUT2D eigenvalue weighted by Gasteiger charge is -2.30. The van der Waals surface area contributed by atoms with E-state index >= 15 is 0 Å². The minimum absolute atomic E-state index is 0.141. The molecule has 0 heterocycles. The summed E-state index contributed by atoms with van der Waals surface area (Å²) in [6.45, 7) is 13.9. The highest BCUT2D eigenvalue weighted by Crippen LogP contribution is 2.32. The molecule has 0 aromatic heterocycles. The summed E-state index contributed by atoms with van der Waals surface area (Å²) in [5.41, 5.74) is 0.141. The van der Waals surface area contributed by atoms with Crippen molar-refractivity contribution in [3.05, 3.63) is 12.2 Å². The van der Waals surface area contributed by atoms with Crippen LogP contribution in [0.5, 0.6) is 0 Å². The maximum absolute atomic E-state index is 12.5. The lowest BCUT2D eigenvalue weighted by atomic mass is 9.79. The molecule has 0 aliphatic rings. The topological polar surface area (TPSA) is 9.23 Å². The first kappa shape index (κ1) is 24.6. The van der Waals surface area contributed by atoms with Crippen LogP contribution in [0.1, 0.15) is 74.1 Å². The number of alkyl halides is 2. The maximum atomic E-state index is 12.5. The molecule has 3 heteroatoms. The van der Waals surface area contributed by atoms with Gasteiger partial charge in [-0.25, -0.2) is 8.78 Å². The Balaban J connectivity index is -0.000000656. The van der Waals surface area contributed by atoms with Crippen molar-refractivity contribution < 1.29 is 13.5 Å². The molecule has 0 rings (SSSR count). The molecular formula is C17H36F2O. The first-order valence-corrected chi connectivity index (χ1v) is 7.93. The number of methoxy groups -OCH3 is 1. The molecule has 0 radical (unpaired) electrons. The minimum atomic E-state index is -2.69. The summed E-state index contributed by atoms with van der Waals surface area (Å²) in [6.07, 6.45) is 6.20. The van der Waals surface area contributed by atoms with E-state index in [9.17, 15) is 8.78 Å². The Morgan fingerprint density at radius 2 is 1.45 bits per heavy atom. The van der Waals surface area contributed by atoms with Gasteiger partial charge < -0.3 is 4.74 Å². The van der Waals surface area contributed by atoms with Crippen LogP contribution in [0.4, 0.5) is 8.78 Å². The van der Waals surface area contributed by atoms with Crippen LogP contribution in [0.3, 0.4) is 0 Å². The Bertz CT molecular complexity index is 204. The van der Waals surface area contributed by atoms with Crippen molar-refractivity contribution in [2.75, 3.05) is 13.7 Å². The average Bonchev–Trinajstić information content (AvgIpc) is 2.46. The van der Waals surface area contributed by atoms with Gasteiger partial charge in [-0.1, -0.05) is 47.6 Å². The number of hydrogen-bond acceptors (Lipinski definition) is 1. The standard InChI is InChI=1S/C13H24F2O.2C2H6/c1-5-13(6-2,11-16-4)10-8-7-9-12(3,14)15;2*1-2/h7,9H,5-6,8,10-11H2,1-4H3;2*1-2H3/b9-7+;;. The molecule has 0 spiro atoms. The molecule has 0 aromatic rings. The van der Waals surface area contributed by atoms with E-state index in [0.29, 0.717) is 13.0 Å². The largest absolute Gasteiger partial charge is 0.384 e. The molecule has 0 fully saturated rings. The highest BCUT2D eigenvalue weighted by Gasteiger charge is 2.25. The molecule has 0 atom stereocenters. The lowest BCUT2D eigenvalue weighted by Crippen LogP contribution is -2.24. The van der Waals surface area contributed by atoms with Gasteiger partial charge in [0.15, 0.2) is 0 Å². The van der Waals surface area contributed by atoms with E-state index in [4.69, 9.17) is 4.74 Å². The Morgan fingerprint density at radius 1 is 1.00 bits per heavy atom. The predicted molar refractivity (Wildman–Crippen MR) is 86.6 cm³/mol. The van der Waals surface area contributed by atoms with E-state index in [1.807, 2.05) is 27.7 Å². The monoisotopic (exact) mass is 294 g/mol. The molecule has 0 N–H and O–H groups in total. The molecule has 0 saturated carbocycles. The smallest absolute Gasteiger partial charge is 0.263 e. The van der Waals surface area contributed by atoms with Crippen LogP contribution in [-0.2, 0) is 4.74 Å². The van der Waals surface area contributed by atoms with Crippen molar-refractivity contribution in [3.63, 3.8) is 0 Å². The second-order valence-electron chi connectivity index (χ2n) is 4.54. The fraction of sp³-hybridized carbons (Fsp3) is 0.882. The minimum Gasteiger partial charge on any atom is -0.384 e. The number of halogens is 2. The highest BCUT2D eigenvalue weighted by atomic mass is 19.3. The van der Waals surface area contributed by atoms with Gasteiger partial charge in [-0.2, -0.15) is 0 Å². The van der Waals surface area contributed by atoms with Gasteiger partial charge in [0, 0.05) is 14.0 Å². The number of hydrogen-bond donors (Lipinski definition) is 0. The van der Waals surface area contributed by atoms with Crippen molar-refractivity contribution >= 4 is 0 Å². The van der Waals surface area contributed by atoms with Crippen molar-refractivity contribution in [2.24, 2.45) is 5.41 Å². The Hall–Kier alpha value is -0.440. The van der Waals surface area contributed by atoms with Crippen molar-refractivity contribution in [1.29, 1.82) is 0 Å². The van der Waals surface area contributed by atoms with Gasteiger partial charge in [-0.15, -0.1) is 0 Å². The van der Waals surface area contributed by atoms with Gasteiger partial charge in [0.05, 0.1) is 6.61 Å². The van der Waals surface area contributed by atoms with Crippen LogP contribution >= 0.6 is 0 Å². The van der Waals surface area contributed by atoms with Gasteiger partial charge in [0.1, 0.15) is 0 Å². The molecule has 20 heavy (non-hydrogen) atoms. The highest BCUT2D eigenvalue weighted by molar-refractivity contribution is 4.93. The van der Waals surface area contributed by atoms with Gasteiger partial charge >= 0.3 is 0 Å². The molecule has 1 nitrogen and oxygen atoms in total. The number of ether oxygens (including phenoxy) is 1. The van der Waals surface area contributed by atoms with Crippen molar-refractivity contribution in [1.82, 2.24) is 0 Å².